The topological polar surface area (TPSA) is 42.7 Å². The maximum absolute atomic E-state index is 12.3. The monoisotopic (exact) mass is 299 g/mol. The highest BCUT2D eigenvalue weighted by atomic mass is 16.5. The Bertz CT molecular complexity index is 672. The summed E-state index contributed by atoms with van der Waals surface area (Å²) in [6, 6.07) is 11.3. The van der Waals surface area contributed by atoms with E-state index < -0.39 is 0 Å². The number of amides is 1. The number of ether oxygens (including phenoxy) is 1. The Labute approximate surface area is 131 Å². The summed E-state index contributed by atoms with van der Waals surface area (Å²) in [5.74, 6) is 2.18. The summed E-state index contributed by atoms with van der Waals surface area (Å²) in [6.45, 7) is 3.84. The quantitative estimate of drug-likeness (QED) is 0.788. The van der Waals surface area contributed by atoms with Gasteiger partial charge in [-0.05, 0) is 38.1 Å². The third kappa shape index (κ3) is 3.58. The zero-order valence-corrected chi connectivity index (χ0v) is 13.4. The minimum atomic E-state index is -0.0911. The van der Waals surface area contributed by atoms with Gasteiger partial charge in [-0.3, -0.25) is 4.79 Å². The molecular formula is C18H21NO3. The van der Waals surface area contributed by atoms with Gasteiger partial charge in [-0.1, -0.05) is 18.2 Å². The molecule has 0 aliphatic carbocycles. The van der Waals surface area contributed by atoms with Gasteiger partial charge in [0.15, 0.2) is 0 Å². The molecule has 22 heavy (non-hydrogen) atoms. The van der Waals surface area contributed by atoms with Crippen LogP contribution in [0.1, 0.15) is 30.0 Å². The van der Waals surface area contributed by atoms with Crippen molar-refractivity contribution in [2.75, 3.05) is 14.2 Å². The number of hydrogen-bond donors (Lipinski definition) is 0. The van der Waals surface area contributed by atoms with E-state index in [1.54, 1.807) is 25.1 Å². The van der Waals surface area contributed by atoms with Crippen LogP contribution >= 0.6 is 0 Å². The minimum absolute atomic E-state index is 0.0903. The normalized spacial score (nSPS) is 12.4. The van der Waals surface area contributed by atoms with Gasteiger partial charge < -0.3 is 14.1 Å². The van der Waals surface area contributed by atoms with Crippen molar-refractivity contribution in [3.63, 3.8) is 0 Å². The second-order valence-corrected chi connectivity index (χ2v) is 5.15. The Hall–Kier alpha value is -2.49. The number of furan rings is 1. The highest BCUT2D eigenvalue weighted by Crippen LogP contribution is 2.28. The summed E-state index contributed by atoms with van der Waals surface area (Å²) >= 11 is 0. The van der Waals surface area contributed by atoms with E-state index in [0.717, 1.165) is 17.1 Å². The van der Waals surface area contributed by atoms with Gasteiger partial charge in [-0.2, -0.15) is 0 Å². The Balaban J connectivity index is 2.11. The van der Waals surface area contributed by atoms with E-state index in [1.807, 2.05) is 50.2 Å². The summed E-state index contributed by atoms with van der Waals surface area (Å²) in [5, 5.41) is 0. The molecule has 4 heteroatoms. The summed E-state index contributed by atoms with van der Waals surface area (Å²) in [5.41, 5.74) is 0.975. The second kappa shape index (κ2) is 6.98. The molecule has 2 rings (SSSR count). The van der Waals surface area contributed by atoms with Gasteiger partial charge in [-0.15, -0.1) is 0 Å². The summed E-state index contributed by atoms with van der Waals surface area (Å²) in [4.78, 5) is 14.0. The lowest BCUT2D eigenvalue weighted by atomic mass is 10.1. The fourth-order valence-electron chi connectivity index (χ4n) is 2.23. The van der Waals surface area contributed by atoms with Crippen molar-refractivity contribution in [3.05, 3.63) is 59.6 Å². The van der Waals surface area contributed by atoms with Gasteiger partial charge in [0.1, 0.15) is 17.3 Å². The van der Waals surface area contributed by atoms with Crippen LogP contribution < -0.4 is 4.74 Å². The van der Waals surface area contributed by atoms with Crippen LogP contribution in [0.4, 0.5) is 0 Å². The van der Waals surface area contributed by atoms with Crippen molar-refractivity contribution in [3.8, 4) is 5.75 Å². The van der Waals surface area contributed by atoms with E-state index in [0.29, 0.717) is 5.76 Å². The standard InChI is InChI=1S/C18H21NO3/c1-13-9-10-15(22-13)11-12-18(20)19(3)14(2)16-7-5-6-8-17(16)21-4/h5-12,14H,1-4H3/b12-11+. The van der Waals surface area contributed by atoms with Gasteiger partial charge in [0, 0.05) is 18.7 Å². The molecule has 1 aromatic carbocycles. The molecule has 0 saturated heterocycles. The molecule has 0 fully saturated rings. The van der Waals surface area contributed by atoms with E-state index in [1.165, 1.54) is 6.08 Å². The van der Waals surface area contributed by atoms with E-state index in [9.17, 15) is 4.79 Å². The number of hydrogen-bond acceptors (Lipinski definition) is 3. The van der Waals surface area contributed by atoms with Crippen LogP contribution in [0.25, 0.3) is 6.08 Å². The molecule has 1 aromatic heterocycles. The Morgan fingerprint density at radius 2 is 2.00 bits per heavy atom. The van der Waals surface area contributed by atoms with E-state index in [2.05, 4.69) is 0 Å². The Morgan fingerprint density at radius 3 is 2.64 bits per heavy atom. The number of nitrogens with zero attached hydrogens (tertiary/aromatic N) is 1. The van der Waals surface area contributed by atoms with E-state index >= 15 is 0 Å². The number of carbonyl (C=O) groups is 1. The van der Waals surface area contributed by atoms with Gasteiger partial charge >= 0.3 is 0 Å². The number of carbonyl (C=O) groups excluding carboxylic acids is 1. The van der Waals surface area contributed by atoms with Gasteiger partial charge in [0.05, 0.1) is 13.2 Å². The third-order valence-corrected chi connectivity index (χ3v) is 3.67. The van der Waals surface area contributed by atoms with Crippen LogP contribution in [0.5, 0.6) is 5.75 Å². The lowest BCUT2D eigenvalue weighted by Crippen LogP contribution is -2.28. The average Bonchev–Trinajstić information content (AvgIpc) is 2.96. The molecule has 1 heterocycles. The molecular weight excluding hydrogens is 278 g/mol. The highest BCUT2D eigenvalue weighted by molar-refractivity contribution is 5.91. The number of aryl methyl sites for hydroxylation is 1. The molecule has 4 nitrogen and oxygen atoms in total. The van der Waals surface area contributed by atoms with Crippen LogP contribution in [-0.4, -0.2) is 25.0 Å². The molecule has 0 aliphatic heterocycles. The fraction of sp³-hybridized carbons (Fsp3) is 0.278. The lowest BCUT2D eigenvalue weighted by molar-refractivity contribution is -0.126. The molecule has 1 amide bonds. The predicted octanol–water partition coefficient (Wildman–Crippen LogP) is 3.83. The van der Waals surface area contributed by atoms with Gasteiger partial charge in [-0.25, -0.2) is 0 Å². The zero-order chi connectivity index (χ0) is 16.1. The first kappa shape index (κ1) is 15.9. The van der Waals surface area contributed by atoms with Crippen molar-refractivity contribution in [2.45, 2.75) is 19.9 Å². The van der Waals surface area contributed by atoms with Crippen LogP contribution in [-0.2, 0) is 4.79 Å². The number of rotatable bonds is 5. The van der Waals surface area contributed by atoms with Crippen LogP contribution in [0.15, 0.2) is 46.9 Å². The Kier molecular flexibility index (Phi) is 5.04. The first-order chi connectivity index (χ1) is 10.5. The molecule has 116 valence electrons. The zero-order valence-electron chi connectivity index (χ0n) is 13.4. The molecule has 1 unspecified atom stereocenters. The molecule has 2 aromatic rings. The number of methoxy groups -OCH3 is 1. The highest BCUT2D eigenvalue weighted by Gasteiger charge is 2.18. The maximum Gasteiger partial charge on any atom is 0.246 e. The fourth-order valence-corrected chi connectivity index (χ4v) is 2.23. The molecule has 1 atom stereocenters. The number of likely N-dealkylation sites (N-methyl/N-ethyl adjacent to an activating group) is 1. The van der Waals surface area contributed by atoms with E-state index in [-0.39, 0.29) is 11.9 Å². The number of benzene rings is 1. The van der Waals surface area contributed by atoms with Crippen LogP contribution in [0.2, 0.25) is 0 Å². The smallest absolute Gasteiger partial charge is 0.246 e. The minimum Gasteiger partial charge on any atom is -0.496 e. The van der Waals surface area contributed by atoms with Crippen LogP contribution in [0, 0.1) is 6.92 Å². The molecule has 0 spiro atoms. The van der Waals surface area contributed by atoms with Crippen LogP contribution in [0.3, 0.4) is 0 Å². The lowest BCUT2D eigenvalue weighted by Gasteiger charge is -2.25. The average molecular weight is 299 g/mol. The molecule has 0 radical (unpaired) electrons. The summed E-state index contributed by atoms with van der Waals surface area (Å²) in [7, 11) is 3.41. The summed E-state index contributed by atoms with van der Waals surface area (Å²) < 4.78 is 10.8. The van der Waals surface area contributed by atoms with Crippen molar-refractivity contribution in [1.82, 2.24) is 4.90 Å². The summed E-state index contributed by atoms with van der Waals surface area (Å²) in [6.07, 6.45) is 3.20. The predicted molar refractivity (Wildman–Crippen MR) is 86.7 cm³/mol. The third-order valence-electron chi connectivity index (χ3n) is 3.67. The van der Waals surface area contributed by atoms with E-state index in [4.69, 9.17) is 9.15 Å². The molecule has 0 saturated carbocycles. The van der Waals surface area contributed by atoms with Crippen molar-refractivity contribution < 1.29 is 13.9 Å². The van der Waals surface area contributed by atoms with Crippen molar-refractivity contribution in [2.24, 2.45) is 0 Å². The molecule has 0 N–H and O–H groups in total. The van der Waals surface area contributed by atoms with Gasteiger partial charge in [0.2, 0.25) is 5.91 Å². The number of para-hydroxylation sites is 1. The maximum atomic E-state index is 12.3. The van der Waals surface area contributed by atoms with Crippen molar-refractivity contribution in [1.29, 1.82) is 0 Å². The van der Waals surface area contributed by atoms with Crippen molar-refractivity contribution >= 4 is 12.0 Å². The molecule has 0 aliphatic rings. The molecule has 0 bridgehead atoms. The van der Waals surface area contributed by atoms with Gasteiger partial charge in [0.25, 0.3) is 0 Å². The largest absolute Gasteiger partial charge is 0.496 e. The first-order valence-corrected chi connectivity index (χ1v) is 7.17. The Morgan fingerprint density at radius 1 is 1.27 bits per heavy atom. The first-order valence-electron chi connectivity index (χ1n) is 7.17. The second-order valence-electron chi connectivity index (χ2n) is 5.15. The SMILES string of the molecule is COc1ccccc1C(C)N(C)C(=O)/C=C/c1ccc(C)o1.